The number of benzene rings is 2. The van der Waals surface area contributed by atoms with E-state index in [0.29, 0.717) is 45.9 Å². The molecular weight excluding hydrogens is 430 g/mol. The molecule has 0 radical (unpaired) electrons. The van der Waals surface area contributed by atoms with Crippen LogP contribution in [0.2, 0.25) is 0 Å². The van der Waals surface area contributed by atoms with Crippen molar-refractivity contribution in [3.8, 4) is 0 Å². The highest BCUT2D eigenvalue weighted by atomic mass is 33.1. The van der Waals surface area contributed by atoms with E-state index in [1.807, 2.05) is 0 Å². The van der Waals surface area contributed by atoms with Gasteiger partial charge in [-0.15, -0.1) is 0 Å². The fraction of sp³-hybridized carbons (Fsp3) is 0.125. The van der Waals surface area contributed by atoms with Crippen LogP contribution in [0.1, 0.15) is 31.8 Å². The second-order valence-corrected chi connectivity index (χ2v) is 7.53. The van der Waals surface area contributed by atoms with Crippen LogP contribution in [-0.2, 0) is 12.4 Å². The van der Waals surface area contributed by atoms with Crippen molar-refractivity contribution >= 4 is 33.4 Å². The first-order chi connectivity index (χ1) is 12.8. The summed E-state index contributed by atoms with van der Waals surface area (Å²) in [5.41, 5.74) is 7.63. The first-order valence-corrected chi connectivity index (χ1v) is 9.32. The molecule has 0 aliphatic rings. The third-order valence-corrected chi connectivity index (χ3v) is 5.82. The van der Waals surface area contributed by atoms with Gasteiger partial charge >= 0.3 is 12.4 Å². The number of alkyl halides is 6. The molecule has 2 aromatic rings. The summed E-state index contributed by atoms with van der Waals surface area (Å²) in [7, 11) is 1.10. The fourth-order valence-electron chi connectivity index (χ4n) is 2.03. The number of carbonyl (C=O) groups is 2. The molecule has 0 unspecified atom stereocenters. The van der Waals surface area contributed by atoms with Crippen molar-refractivity contribution in [2.75, 3.05) is 0 Å². The van der Waals surface area contributed by atoms with Crippen molar-refractivity contribution in [1.82, 2.24) is 0 Å². The van der Waals surface area contributed by atoms with Crippen LogP contribution in [0.3, 0.4) is 0 Å². The monoisotopic (exact) mass is 440 g/mol. The van der Waals surface area contributed by atoms with Crippen molar-refractivity contribution in [2.45, 2.75) is 22.1 Å². The zero-order valence-corrected chi connectivity index (χ0v) is 15.2. The maximum Gasteiger partial charge on any atom is 0.416 e. The molecule has 0 aliphatic heterocycles. The van der Waals surface area contributed by atoms with Crippen LogP contribution in [0.5, 0.6) is 0 Å². The van der Waals surface area contributed by atoms with E-state index in [9.17, 15) is 35.9 Å². The lowest BCUT2D eigenvalue weighted by molar-refractivity contribution is -0.138. The number of amides is 2. The number of hydrogen-bond acceptors (Lipinski definition) is 4. The molecule has 0 spiro atoms. The number of halogens is 6. The van der Waals surface area contributed by atoms with Gasteiger partial charge in [-0.1, -0.05) is 21.6 Å². The molecule has 0 heterocycles. The molecule has 0 aliphatic carbocycles. The summed E-state index contributed by atoms with van der Waals surface area (Å²) in [5.74, 6) is -2.04. The minimum atomic E-state index is -4.70. The van der Waals surface area contributed by atoms with E-state index in [2.05, 4.69) is 0 Å². The molecule has 12 heteroatoms. The number of nitrogens with two attached hydrogens (primary N) is 2. The van der Waals surface area contributed by atoms with Gasteiger partial charge in [0.1, 0.15) is 0 Å². The van der Waals surface area contributed by atoms with E-state index < -0.39 is 35.3 Å². The minimum Gasteiger partial charge on any atom is -0.366 e. The molecule has 4 N–H and O–H groups in total. The quantitative estimate of drug-likeness (QED) is 0.520. The van der Waals surface area contributed by atoms with E-state index in [-0.39, 0.29) is 20.9 Å². The van der Waals surface area contributed by atoms with E-state index in [0.717, 1.165) is 12.1 Å². The predicted octanol–water partition coefficient (Wildman–Crippen LogP) is 4.72. The Bertz CT molecular complexity index is 853. The van der Waals surface area contributed by atoms with Gasteiger partial charge in [0.25, 0.3) is 0 Å². The van der Waals surface area contributed by atoms with Gasteiger partial charge in [0.15, 0.2) is 0 Å². The number of carbonyl (C=O) groups excluding carboxylic acids is 2. The highest BCUT2D eigenvalue weighted by molar-refractivity contribution is 8.76. The average Bonchev–Trinajstić information content (AvgIpc) is 2.57. The topological polar surface area (TPSA) is 86.2 Å². The lowest BCUT2D eigenvalue weighted by Gasteiger charge is -2.13. The van der Waals surface area contributed by atoms with Gasteiger partial charge in [-0.3, -0.25) is 9.59 Å². The zero-order valence-electron chi connectivity index (χ0n) is 13.5. The molecule has 0 saturated carbocycles. The van der Waals surface area contributed by atoms with Gasteiger partial charge in [0.05, 0.1) is 22.3 Å². The van der Waals surface area contributed by atoms with Crippen LogP contribution in [0, 0.1) is 0 Å². The maximum absolute atomic E-state index is 12.9. The van der Waals surface area contributed by atoms with Gasteiger partial charge in [-0.05, 0) is 36.4 Å². The largest absolute Gasteiger partial charge is 0.416 e. The van der Waals surface area contributed by atoms with Crippen molar-refractivity contribution in [3.05, 3.63) is 58.7 Å². The third-order valence-electron chi connectivity index (χ3n) is 3.37. The summed E-state index contributed by atoms with van der Waals surface area (Å²) in [5, 5.41) is 0. The summed E-state index contributed by atoms with van der Waals surface area (Å²) >= 11 is 0. The minimum absolute atomic E-state index is 0.222. The summed E-state index contributed by atoms with van der Waals surface area (Å²) in [6.07, 6.45) is -9.41. The van der Waals surface area contributed by atoms with Gasteiger partial charge in [-0.25, -0.2) is 0 Å². The molecular formula is C16H10F6N2O2S2. The number of rotatable bonds is 5. The number of hydrogen-bond donors (Lipinski definition) is 2. The van der Waals surface area contributed by atoms with Crippen LogP contribution >= 0.6 is 21.6 Å². The Morgan fingerprint density at radius 3 is 1.25 bits per heavy atom. The Morgan fingerprint density at radius 1 is 0.679 bits per heavy atom. The Labute approximate surface area is 162 Å². The second kappa shape index (κ2) is 7.95. The Kier molecular flexibility index (Phi) is 6.24. The molecule has 4 nitrogen and oxygen atoms in total. The molecule has 2 aromatic carbocycles. The second-order valence-electron chi connectivity index (χ2n) is 5.31. The van der Waals surface area contributed by atoms with E-state index >= 15 is 0 Å². The average molecular weight is 440 g/mol. The zero-order chi connectivity index (χ0) is 21.3. The van der Waals surface area contributed by atoms with Crippen molar-refractivity contribution in [3.63, 3.8) is 0 Å². The predicted molar refractivity (Wildman–Crippen MR) is 91.6 cm³/mol. The molecule has 0 aromatic heterocycles. The first kappa shape index (κ1) is 22.0. The number of primary amides is 2. The lowest BCUT2D eigenvalue weighted by Crippen LogP contribution is -2.14. The van der Waals surface area contributed by atoms with Gasteiger partial charge in [0.2, 0.25) is 11.8 Å². The van der Waals surface area contributed by atoms with E-state index in [4.69, 9.17) is 11.5 Å². The fourth-order valence-corrected chi connectivity index (χ4v) is 4.44. The molecule has 2 rings (SSSR count). The molecule has 28 heavy (non-hydrogen) atoms. The maximum atomic E-state index is 12.9. The van der Waals surface area contributed by atoms with Crippen LogP contribution in [-0.4, -0.2) is 11.8 Å². The van der Waals surface area contributed by atoms with Crippen molar-refractivity contribution in [2.24, 2.45) is 11.5 Å². The van der Waals surface area contributed by atoms with Crippen LogP contribution in [0.25, 0.3) is 0 Å². The molecule has 0 bridgehead atoms. The Morgan fingerprint density at radius 2 is 1.00 bits per heavy atom. The smallest absolute Gasteiger partial charge is 0.366 e. The lowest BCUT2D eigenvalue weighted by atomic mass is 10.1. The van der Waals surface area contributed by atoms with Crippen molar-refractivity contribution < 1.29 is 35.9 Å². The third kappa shape index (κ3) is 5.13. The van der Waals surface area contributed by atoms with Gasteiger partial charge in [-0.2, -0.15) is 26.3 Å². The summed E-state index contributed by atoms with van der Waals surface area (Å²) in [6, 6.07) is 4.36. The summed E-state index contributed by atoms with van der Waals surface area (Å²) in [4.78, 5) is 22.5. The molecule has 0 atom stereocenters. The highest BCUT2D eigenvalue weighted by Crippen LogP contribution is 2.44. The highest BCUT2D eigenvalue weighted by Gasteiger charge is 2.33. The van der Waals surface area contributed by atoms with Crippen LogP contribution in [0.4, 0.5) is 26.3 Å². The van der Waals surface area contributed by atoms with E-state index in [1.165, 1.54) is 0 Å². The van der Waals surface area contributed by atoms with Crippen LogP contribution < -0.4 is 11.5 Å². The molecule has 150 valence electrons. The standard InChI is InChI=1S/C16H10F6N2O2S2/c17-15(18,19)7-1-3-9(13(23)25)11(5-7)27-28-12-6-8(16(20,21)22)2-4-10(12)14(24)26/h1-6H,(H2,23,25)(H2,24,26). The normalized spacial score (nSPS) is 12.1. The summed E-state index contributed by atoms with van der Waals surface area (Å²) in [6.45, 7) is 0. The first-order valence-electron chi connectivity index (χ1n) is 7.17. The van der Waals surface area contributed by atoms with Gasteiger partial charge < -0.3 is 11.5 Å². The SMILES string of the molecule is NC(=O)c1ccc(C(F)(F)F)cc1SSc1cc(C(F)(F)F)ccc1C(N)=O. The molecule has 0 fully saturated rings. The van der Waals surface area contributed by atoms with E-state index in [1.54, 1.807) is 0 Å². The van der Waals surface area contributed by atoms with Crippen LogP contribution in [0.15, 0.2) is 46.2 Å². The van der Waals surface area contributed by atoms with Crippen molar-refractivity contribution in [1.29, 1.82) is 0 Å². The molecule has 2 amide bonds. The summed E-state index contributed by atoms with van der Waals surface area (Å²) < 4.78 is 77.4. The molecule has 0 saturated heterocycles. The Hall–Kier alpha value is -2.34. The Balaban J connectivity index is 2.45. The van der Waals surface area contributed by atoms with Gasteiger partial charge in [0, 0.05) is 9.79 Å².